The number of hydrogen-bond donors (Lipinski definition) is 1. The number of nitrogens with one attached hydrogen (secondary N) is 1. The Morgan fingerprint density at radius 3 is 2.22 bits per heavy atom. The topological polar surface area (TPSA) is 81.1 Å². The molecule has 2 aliphatic rings. The number of pyridine rings is 2. The number of ether oxygens (including phenoxy) is 3. The molecule has 0 saturated carbocycles. The summed E-state index contributed by atoms with van der Waals surface area (Å²) >= 11 is 0. The van der Waals surface area contributed by atoms with Crippen LogP contribution in [0.4, 0.5) is 5.69 Å². The van der Waals surface area contributed by atoms with E-state index in [0.29, 0.717) is 30.0 Å². The Morgan fingerprint density at radius 2 is 1.54 bits per heavy atom. The lowest BCUT2D eigenvalue weighted by atomic mass is 10.00. The number of piperidine rings is 1. The SMILES string of the molecule is CN1CCCC(COC2=NC(Oc3ccc4cccnc4c3)(Oc3ccc4cccnc4c3)c3ccccc3N2)C1. The van der Waals surface area contributed by atoms with Crippen LogP contribution < -0.4 is 14.8 Å². The van der Waals surface area contributed by atoms with Gasteiger partial charge in [-0.15, -0.1) is 4.99 Å². The van der Waals surface area contributed by atoms with Crippen LogP contribution in [0.1, 0.15) is 18.4 Å². The summed E-state index contributed by atoms with van der Waals surface area (Å²) in [7, 11) is 2.16. The van der Waals surface area contributed by atoms with Crippen molar-refractivity contribution >= 4 is 33.5 Å². The van der Waals surface area contributed by atoms with Crippen LogP contribution in [0.2, 0.25) is 0 Å². The van der Waals surface area contributed by atoms with Gasteiger partial charge in [-0.25, -0.2) is 0 Å². The van der Waals surface area contributed by atoms with E-state index in [-0.39, 0.29) is 0 Å². The Balaban J connectivity index is 1.30. The Hall–Kier alpha value is -4.69. The predicted octanol–water partition coefficient (Wildman–Crippen LogP) is 6.19. The molecule has 1 unspecified atom stereocenters. The molecule has 3 aromatic carbocycles. The zero-order chi connectivity index (χ0) is 27.6. The number of aliphatic imine (C=N–C) groups is 1. The molecule has 7 rings (SSSR count). The van der Waals surface area contributed by atoms with Gasteiger partial charge in [0.2, 0.25) is 0 Å². The van der Waals surface area contributed by atoms with E-state index in [1.165, 1.54) is 0 Å². The largest absolute Gasteiger partial charge is 0.465 e. The molecule has 8 nitrogen and oxygen atoms in total. The summed E-state index contributed by atoms with van der Waals surface area (Å²) in [6.07, 6.45) is 5.83. The number of amidine groups is 1. The number of rotatable bonds is 6. The lowest BCUT2D eigenvalue weighted by Crippen LogP contribution is -2.44. The minimum Gasteiger partial charge on any atom is -0.465 e. The van der Waals surface area contributed by atoms with Crippen LogP contribution in [-0.4, -0.2) is 47.6 Å². The molecule has 41 heavy (non-hydrogen) atoms. The van der Waals surface area contributed by atoms with Gasteiger partial charge in [0.05, 0.1) is 28.9 Å². The van der Waals surface area contributed by atoms with Crippen molar-refractivity contribution < 1.29 is 14.2 Å². The van der Waals surface area contributed by atoms with Crippen molar-refractivity contribution in [1.29, 1.82) is 0 Å². The third-order valence-electron chi connectivity index (χ3n) is 7.60. The van der Waals surface area contributed by atoms with E-state index in [9.17, 15) is 0 Å². The van der Waals surface area contributed by atoms with Gasteiger partial charge >= 0.3 is 5.91 Å². The molecule has 0 spiro atoms. The van der Waals surface area contributed by atoms with Crippen LogP contribution >= 0.6 is 0 Å². The molecule has 2 aromatic heterocycles. The maximum Gasteiger partial charge on any atom is 0.391 e. The Bertz CT molecular complexity index is 1660. The first-order chi connectivity index (χ1) is 20.1. The van der Waals surface area contributed by atoms with Crippen LogP contribution in [-0.2, 0) is 10.6 Å². The molecule has 206 valence electrons. The third kappa shape index (κ3) is 5.26. The first kappa shape index (κ1) is 25.3. The molecule has 8 heteroatoms. The summed E-state index contributed by atoms with van der Waals surface area (Å²) in [6, 6.07) is 27.7. The van der Waals surface area contributed by atoms with Crippen LogP contribution in [0.25, 0.3) is 21.8 Å². The maximum atomic E-state index is 6.73. The van der Waals surface area contributed by atoms with Crippen molar-refractivity contribution in [2.24, 2.45) is 10.9 Å². The number of para-hydroxylation sites is 1. The minimum atomic E-state index is -1.56. The molecule has 0 bridgehead atoms. The average molecular weight is 546 g/mol. The van der Waals surface area contributed by atoms with E-state index in [0.717, 1.165) is 59.0 Å². The van der Waals surface area contributed by atoms with Crippen LogP contribution in [0, 0.1) is 5.92 Å². The van der Waals surface area contributed by atoms with Crippen molar-refractivity contribution in [3.63, 3.8) is 0 Å². The van der Waals surface area contributed by atoms with Crippen molar-refractivity contribution in [2.75, 3.05) is 32.1 Å². The van der Waals surface area contributed by atoms with Gasteiger partial charge < -0.3 is 24.4 Å². The third-order valence-corrected chi connectivity index (χ3v) is 7.60. The van der Waals surface area contributed by atoms with E-state index in [2.05, 4.69) is 27.2 Å². The molecule has 0 amide bonds. The van der Waals surface area contributed by atoms with Gasteiger partial charge in [0.15, 0.2) is 0 Å². The van der Waals surface area contributed by atoms with E-state index >= 15 is 0 Å². The highest BCUT2D eigenvalue weighted by Gasteiger charge is 2.44. The predicted molar refractivity (Wildman–Crippen MR) is 160 cm³/mol. The van der Waals surface area contributed by atoms with Gasteiger partial charge in [0.25, 0.3) is 6.02 Å². The fourth-order valence-corrected chi connectivity index (χ4v) is 5.59. The van der Waals surface area contributed by atoms with E-state index in [4.69, 9.17) is 19.2 Å². The Kier molecular flexibility index (Phi) is 6.60. The van der Waals surface area contributed by atoms with Crippen molar-refractivity contribution in [1.82, 2.24) is 14.9 Å². The Morgan fingerprint density at radius 1 is 0.854 bits per heavy atom. The molecule has 5 aromatic rings. The summed E-state index contributed by atoms with van der Waals surface area (Å²) < 4.78 is 19.8. The first-order valence-corrected chi connectivity index (χ1v) is 14.0. The number of aromatic nitrogens is 2. The molecule has 1 atom stereocenters. The van der Waals surface area contributed by atoms with Gasteiger partial charge in [-0.05, 0) is 75.0 Å². The summed E-state index contributed by atoms with van der Waals surface area (Å²) in [4.78, 5) is 16.4. The minimum absolute atomic E-state index is 0.356. The average Bonchev–Trinajstić information content (AvgIpc) is 3.00. The number of nitrogens with zero attached hydrogens (tertiary/aromatic N) is 4. The number of fused-ring (bicyclic) bond motifs is 3. The van der Waals surface area contributed by atoms with Crippen molar-refractivity contribution in [3.05, 3.63) is 103 Å². The fourth-order valence-electron chi connectivity index (χ4n) is 5.59. The zero-order valence-electron chi connectivity index (χ0n) is 22.9. The highest BCUT2D eigenvalue weighted by Crippen LogP contribution is 2.40. The summed E-state index contributed by atoms with van der Waals surface area (Å²) in [5, 5.41) is 5.40. The number of hydrogen-bond acceptors (Lipinski definition) is 8. The van der Waals surface area contributed by atoms with Crippen LogP contribution in [0.5, 0.6) is 11.5 Å². The van der Waals surface area contributed by atoms with Gasteiger partial charge in [-0.2, -0.15) is 0 Å². The van der Waals surface area contributed by atoms with E-state index in [1.807, 2.05) is 84.9 Å². The molecule has 1 N–H and O–H groups in total. The number of anilines is 1. The monoisotopic (exact) mass is 545 g/mol. The van der Waals surface area contributed by atoms with Gasteiger partial charge in [-0.3, -0.25) is 9.97 Å². The van der Waals surface area contributed by atoms with E-state index < -0.39 is 5.91 Å². The smallest absolute Gasteiger partial charge is 0.391 e. The molecule has 2 aliphatic heterocycles. The maximum absolute atomic E-state index is 6.73. The second kappa shape index (κ2) is 10.7. The lowest BCUT2D eigenvalue weighted by Gasteiger charge is -2.36. The Labute approximate surface area is 238 Å². The summed E-state index contributed by atoms with van der Waals surface area (Å²) in [5.41, 5.74) is 3.17. The standard InChI is InChI=1S/C33H31N5O3/c1-38-18-6-7-23(21-38)22-39-32-36-29-11-3-2-10-28(29)33(37-32,40-26-14-12-24-8-4-16-34-30(24)19-26)41-27-15-13-25-9-5-17-35-31(25)20-27/h2-5,8-17,19-20,23H,6-7,18,21-22H2,1H3,(H,36,37). The van der Waals surface area contributed by atoms with E-state index in [1.54, 1.807) is 12.4 Å². The number of likely N-dealkylation sites (tertiary alicyclic amines) is 1. The van der Waals surface area contributed by atoms with Gasteiger partial charge in [0, 0.05) is 47.8 Å². The molecule has 4 heterocycles. The van der Waals surface area contributed by atoms with Crippen molar-refractivity contribution in [3.8, 4) is 11.5 Å². The number of benzene rings is 3. The highest BCUT2D eigenvalue weighted by atomic mass is 16.7. The lowest BCUT2D eigenvalue weighted by molar-refractivity contribution is -0.116. The zero-order valence-corrected chi connectivity index (χ0v) is 22.9. The van der Waals surface area contributed by atoms with Crippen LogP contribution in [0.3, 0.4) is 0 Å². The normalized spacial score (nSPS) is 18.3. The summed E-state index contributed by atoms with van der Waals surface area (Å²) in [5.74, 6) is 0.00302. The second-order valence-corrected chi connectivity index (χ2v) is 10.7. The molecule has 1 fully saturated rings. The molecule has 1 saturated heterocycles. The van der Waals surface area contributed by atoms with Crippen molar-refractivity contribution in [2.45, 2.75) is 18.8 Å². The molecular formula is C33H31N5O3. The highest BCUT2D eigenvalue weighted by molar-refractivity contribution is 5.92. The van der Waals surface area contributed by atoms with Crippen LogP contribution in [0.15, 0.2) is 102 Å². The quantitative estimate of drug-likeness (QED) is 0.255. The van der Waals surface area contributed by atoms with Gasteiger partial charge in [0.1, 0.15) is 11.5 Å². The molecule has 0 aliphatic carbocycles. The molecular weight excluding hydrogens is 514 g/mol. The van der Waals surface area contributed by atoms with Gasteiger partial charge in [-0.1, -0.05) is 24.3 Å². The summed E-state index contributed by atoms with van der Waals surface area (Å²) in [6.45, 7) is 2.67. The first-order valence-electron chi connectivity index (χ1n) is 14.0. The fraction of sp³-hybridized carbons (Fsp3) is 0.242. The molecule has 0 radical (unpaired) electrons. The second-order valence-electron chi connectivity index (χ2n) is 10.7.